The summed E-state index contributed by atoms with van der Waals surface area (Å²) in [7, 11) is 0. The normalized spacial score (nSPS) is 17.7. The van der Waals surface area contributed by atoms with Crippen molar-refractivity contribution in [3.63, 3.8) is 0 Å². The van der Waals surface area contributed by atoms with Crippen molar-refractivity contribution in [3.05, 3.63) is 41.0 Å². The Hall–Kier alpha value is -2.77. The number of anilines is 1. The molecule has 0 aromatic carbocycles. The molecule has 0 radical (unpaired) electrons. The molecule has 5 rings (SSSR count). The lowest BCUT2D eigenvalue weighted by Crippen LogP contribution is -2.25. The van der Waals surface area contributed by atoms with Crippen molar-refractivity contribution in [1.29, 1.82) is 5.26 Å². The summed E-state index contributed by atoms with van der Waals surface area (Å²) in [5.41, 5.74) is 2.58. The van der Waals surface area contributed by atoms with Gasteiger partial charge in [-0.1, -0.05) is 0 Å². The fourth-order valence-electron chi connectivity index (χ4n) is 3.98. The molecular weight excluding hydrogens is 452 g/mol. The van der Waals surface area contributed by atoms with Gasteiger partial charge in [-0.2, -0.15) is 10.4 Å². The van der Waals surface area contributed by atoms with E-state index >= 15 is 0 Å². The number of thiazole rings is 1. The van der Waals surface area contributed by atoms with Gasteiger partial charge in [0.2, 0.25) is 0 Å². The Bertz CT molecular complexity index is 1190. The van der Waals surface area contributed by atoms with Gasteiger partial charge in [0.05, 0.1) is 30.4 Å². The van der Waals surface area contributed by atoms with Gasteiger partial charge in [0, 0.05) is 47.7 Å². The van der Waals surface area contributed by atoms with Crippen molar-refractivity contribution < 1.29 is 0 Å². The van der Waals surface area contributed by atoms with Crippen LogP contribution in [0.25, 0.3) is 22.3 Å². The highest BCUT2D eigenvalue weighted by Gasteiger charge is 2.32. The molecule has 0 saturated carbocycles. The molecule has 2 atom stereocenters. The number of fused-ring (bicyclic) bond motifs is 1. The van der Waals surface area contributed by atoms with Crippen LogP contribution in [0.4, 0.5) is 5.13 Å². The van der Waals surface area contributed by atoms with Gasteiger partial charge in [-0.25, -0.2) is 15.0 Å². The Kier molecular flexibility index (Phi) is 4.77. The number of nitrogens with zero attached hydrogens (tertiary/aromatic N) is 7. The van der Waals surface area contributed by atoms with Crippen LogP contribution >= 0.6 is 27.3 Å². The Morgan fingerprint density at radius 3 is 3.17 bits per heavy atom. The average molecular weight is 469 g/mol. The zero-order chi connectivity index (χ0) is 19.8. The first-order valence-corrected chi connectivity index (χ1v) is 11.0. The molecule has 5 heterocycles. The van der Waals surface area contributed by atoms with Gasteiger partial charge in [0.1, 0.15) is 16.6 Å². The minimum Gasteiger partial charge on any atom is -0.348 e. The summed E-state index contributed by atoms with van der Waals surface area (Å²) >= 11 is 5.06. The van der Waals surface area contributed by atoms with Crippen molar-refractivity contribution in [2.24, 2.45) is 5.92 Å². The summed E-state index contributed by atoms with van der Waals surface area (Å²) in [4.78, 5) is 18.6. The average Bonchev–Trinajstić information content (AvgIpc) is 3.52. The number of hydrogen-bond acceptors (Lipinski definition) is 7. The van der Waals surface area contributed by atoms with E-state index in [9.17, 15) is 5.26 Å². The summed E-state index contributed by atoms with van der Waals surface area (Å²) < 4.78 is 2.80. The van der Waals surface area contributed by atoms with E-state index in [-0.39, 0.29) is 6.04 Å². The maximum Gasteiger partial charge on any atom is 0.186 e. The Morgan fingerprint density at radius 2 is 2.34 bits per heavy atom. The van der Waals surface area contributed by atoms with Crippen molar-refractivity contribution in [2.45, 2.75) is 18.9 Å². The molecule has 8 nitrogen and oxygen atoms in total. The highest BCUT2D eigenvalue weighted by molar-refractivity contribution is 9.10. The lowest BCUT2D eigenvalue weighted by atomic mass is 9.96. The van der Waals surface area contributed by atoms with Crippen molar-refractivity contribution >= 4 is 43.4 Å². The molecular formula is C19H17BrN8S. The molecule has 1 fully saturated rings. The molecule has 4 aromatic rings. The van der Waals surface area contributed by atoms with Gasteiger partial charge in [-0.3, -0.25) is 4.68 Å². The Labute approximate surface area is 179 Å². The molecule has 4 aromatic heterocycles. The maximum atomic E-state index is 9.44. The number of aromatic nitrogens is 6. The summed E-state index contributed by atoms with van der Waals surface area (Å²) in [6, 6.07) is 4.33. The van der Waals surface area contributed by atoms with E-state index < -0.39 is 0 Å². The van der Waals surface area contributed by atoms with Gasteiger partial charge >= 0.3 is 0 Å². The van der Waals surface area contributed by atoms with E-state index in [1.165, 1.54) is 0 Å². The zero-order valence-corrected chi connectivity index (χ0v) is 17.8. The number of aromatic amines is 1. The highest BCUT2D eigenvalue weighted by Crippen LogP contribution is 2.35. The number of halogens is 1. The fourth-order valence-corrected chi connectivity index (χ4v) is 5.27. The molecule has 0 spiro atoms. The minimum absolute atomic E-state index is 0.0192. The second-order valence-electron chi connectivity index (χ2n) is 7.05. The molecule has 10 heteroatoms. The van der Waals surface area contributed by atoms with Crippen LogP contribution in [0, 0.1) is 17.2 Å². The molecule has 0 amide bonds. The van der Waals surface area contributed by atoms with E-state index in [1.807, 2.05) is 34.7 Å². The van der Waals surface area contributed by atoms with Gasteiger partial charge in [-0.15, -0.1) is 11.3 Å². The van der Waals surface area contributed by atoms with E-state index in [1.54, 1.807) is 17.7 Å². The number of nitriles is 1. The monoisotopic (exact) mass is 468 g/mol. The van der Waals surface area contributed by atoms with Crippen molar-refractivity contribution in [2.75, 3.05) is 18.0 Å². The SMILES string of the molecule is N#CCC(C1CCN(c2nc(Br)cs2)C1)n1cc(-c2ncnc3[nH]ccc23)cn1. The predicted octanol–water partition coefficient (Wildman–Crippen LogP) is 4.02. The first kappa shape index (κ1) is 18.3. The molecule has 0 aliphatic carbocycles. The predicted molar refractivity (Wildman–Crippen MR) is 115 cm³/mol. The molecule has 2 unspecified atom stereocenters. The first-order valence-electron chi connectivity index (χ1n) is 9.28. The number of H-pyrrole nitrogens is 1. The second kappa shape index (κ2) is 7.57. The van der Waals surface area contributed by atoms with Gasteiger partial charge < -0.3 is 9.88 Å². The third-order valence-corrected chi connectivity index (χ3v) is 6.98. The molecule has 0 bridgehead atoms. The van der Waals surface area contributed by atoms with Gasteiger partial charge in [0.25, 0.3) is 0 Å². The largest absolute Gasteiger partial charge is 0.348 e. The number of hydrogen-bond donors (Lipinski definition) is 1. The van der Waals surface area contributed by atoms with Gasteiger partial charge in [-0.05, 0) is 28.4 Å². The summed E-state index contributed by atoms with van der Waals surface area (Å²) in [5, 5.41) is 18.0. The van der Waals surface area contributed by atoms with Crippen LogP contribution < -0.4 is 4.90 Å². The summed E-state index contributed by atoms with van der Waals surface area (Å²) in [6.07, 6.45) is 8.66. The fraction of sp³-hybridized carbons (Fsp3) is 0.316. The maximum absolute atomic E-state index is 9.44. The standard InChI is InChI=1S/C19H17BrN8S/c20-16-10-29-19(26-16)27-6-3-12(8-27)15(1-4-21)28-9-13(7-25-28)17-14-2-5-22-18(14)24-11-23-17/h2,5,7,9-12,15H,1,3,6,8H2,(H,22,23,24). The lowest BCUT2D eigenvalue weighted by Gasteiger charge is -2.22. The van der Waals surface area contributed by atoms with Gasteiger partial charge in [0.15, 0.2) is 5.13 Å². The molecule has 146 valence electrons. The smallest absolute Gasteiger partial charge is 0.186 e. The minimum atomic E-state index is 0.0192. The second-order valence-corrected chi connectivity index (χ2v) is 8.70. The molecule has 1 saturated heterocycles. The Balaban J connectivity index is 1.41. The summed E-state index contributed by atoms with van der Waals surface area (Å²) in [6.45, 7) is 1.81. The number of nitrogens with one attached hydrogen (secondary N) is 1. The van der Waals surface area contributed by atoms with Crippen LogP contribution in [0.5, 0.6) is 0 Å². The molecule has 1 aliphatic heterocycles. The molecule has 29 heavy (non-hydrogen) atoms. The van der Waals surface area contributed by atoms with Crippen LogP contribution in [0.3, 0.4) is 0 Å². The van der Waals surface area contributed by atoms with Crippen LogP contribution in [-0.2, 0) is 0 Å². The lowest BCUT2D eigenvalue weighted by molar-refractivity contribution is 0.332. The third-order valence-electron chi connectivity index (χ3n) is 5.37. The quantitative estimate of drug-likeness (QED) is 0.474. The number of rotatable bonds is 5. The van der Waals surface area contributed by atoms with Crippen LogP contribution in [-0.4, -0.2) is 42.8 Å². The Morgan fingerprint density at radius 1 is 1.41 bits per heavy atom. The molecule has 1 N–H and O–H groups in total. The van der Waals surface area contributed by atoms with Crippen molar-refractivity contribution in [3.8, 4) is 17.3 Å². The van der Waals surface area contributed by atoms with E-state index in [4.69, 9.17) is 0 Å². The summed E-state index contributed by atoms with van der Waals surface area (Å²) in [5.74, 6) is 0.336. The van der Waals surface area contributed by atoms with E-state index in [2.05, 4.69) is 51.9 Å². The van der Waals surface area contributed by atoms with Crippen LogP contribution in [0.15, 0.2) is 41.0 Å². The highest BCUT2D eigenvalue weighted by atomic mass is 79.9. The topological polar surface area (TPSA) is 99.3 Å². The third kappa shape index (κ3) is 3.41. The van der Waals surface area contributed by atoms with Crippen LogP contribution in [0.2, 0.25) is 0 Å². The first-order chi connectivity index (χ1) is 14.2. The van der Waals surface area contributed by atoms with Crippen molar-refractivity contribution in [1.82, 2.24) is 29.7 Å². The van der Waals surface area contributed by atoms with E-state index in [0.29, 0.717) is 12.3 Å². The zero-order valence-electron chi connectivity index (χ0n) is 15.4. The van der Waals surface area contributed by atoms with E-state index in [0.717, 1.165) is 51.5 Å². The molecule has 1 aliphatic rings. The van der Waals surface area contributed by atoms with Crippen LogP contribution in [0.1, 0.15) is 18.9 Å².